The molecule has 0 aliphatic rings. The summed E-state index contributed by atoms with van der Waals surface area (Å²) in [5.74, 6) is -2.56. The Kier molecular flexibility index (Phi) is 6.20. The van der Waals surface area contributed by atoms with Gasteiger partial charge in [0.2, 0.25) is 0 Å². The molecule has 0 aliphatic heterocycles. The number of hydrogen-bond acceptors (Lipinski definition) is 4. The molecule has 0 radical (unpaired) electrons. The fourth-order valence-corrected chi connectivity index (χ4v) is 3.62. The zero-order chi connectivity index (χ0) is 21.8. The van der Waals surface area contributed by atoms with Gasteiger partial charge in [-0.3, -0.25) is 9.59 Å². The molecule has 0 bridgehead atoms. The Bertz CT molecular complexity index is 1100. The van der Waals surface area contributed by atoms with Gasteiger partial charge in [-0.1, -0.05) is 44.2 Å². The summed E-state index contributed by atoms with van der Waals surface area (Å²) in [5, 5.41) is 9.79. The van der Waals surface area contributed by atoms with Gasteiger partial charge in [0.05, 0.1) is 5.56 Å². The highest BCUT2D eigenvalue weighted by Crippen LogP contribution is 2.32. The molecule has 3 N–H and O–H groups in total. The van der Waals surface area contributed by atoms with Crippen molar-refractivity contribution in [2.45, 2.75) is 39.3 Å². The normalized spacial score (nSPS) is 11.9. The van der Waals surface area contributed by atoms with Gasteiger partial charge in [0.25, 0.3) is 11.7 Å². The fourth-order valence-electron chi connectivity index (χ4n) is 3.62. The number of benzene rings is 2. The quantitative estimate of drug-likeness (QED) is 0.417. The highest BCUT2D eigenvalue weighted by atomic mass is 16.5. The van der Waals surface area contributed by atoms with Gasteiger partial charge in [-0.05, 0) is 36.6 Å². The zero-order valence-corrected chi connectivity index (χ0v) is 16.9. The number of ether oxygens (including phenoxy) is 1. The topological polar surface area (TPSA) is 112 Å². The first-order chi connectivity index (χ1) is 14.4. The predicted octanol–water partition coefficient (Wildman–Crippen LogP) is 3.16. The maximum atomic E-state index is 12.7. The molecule has 1 atom stereocenters. The Morgan fingerprint density at radius 3 is 2.37 bits per heavy atom. The zero-order valence-electron chi connectivity index (χ0n) is 16.9. The third kappa shape index (κ3) is 4.05. The lowest BCUT2D eigenvalue weighted by Gasteiger charge is -2.13. The monoisotopic (exact) mass is 408 g/mol. The number of hydrogen-bond donors (Lipinski definition) is 2. The van der Waals surface area contributed by atoms with Gasteiger partial charge in [-0.15, -0.1) is 0 Å². The molecular formula is C23H24N2O5. The van der Waals surface area contributed by atoms with Gasteiger partial charge < -0.3 is 20.1 Å². The van der Waals surface area contributed by atoms with Crippen LogP contribution in [0.25, 0.3) is 10.9 Å². The van der Waals surface area contributed by atoms with E-state index in [1.165, 1.54) is 0 Å². The van der Waals surface area contributed by atoms with Crippen LogP contribution in [0.3, 0.4) is 0 Å². The van der Waals surface area contributed by atoms with Gasteiger partial charge in [0.15, 0.2) is 6.10 Å². The van der Waals surface area contributed by atoms with Crippen molar-refractivity contribution >= 4 is 28.6 Å². The van der Waals surface area contributed by atoms with Crippen LogP contribution in [-0.2, 0) is 22.6 Å². The van der Waals surface area contributed by atoms with Crippen LogP contribution in [0.4, 0.5) is 0 Å². The number of ketones is 1. The number of nitrogens with zero attached hydrogens (tertiary/aromatic N) is 1. The van der Waals surface area contributed by atoms with Crippen molar-refractivity contribution in [3.8, 4) is 5.75 Å². The molecule has 0 aliphatic carbocycles. The standard InChI is InChI=1S/C23H24N2O5/c1-3-17-20(21(26)22(24)27)16-12-15(30-19(4-2)23(28)29)10-11-18(16)25(17)13-14-8-6-5-7-9-14/h5-12,19H,3-4,13H2,1-2H3,(H2,24,27)(H,28,29). The van der Waals surface area contributed by atoms with Crippen molar-refractivity contribution in [2.75, 3.05) is 0 Å². The SMILES string of the molecule is CCc1c(C(=O)C(N)=O)c2cc(OC(CC)C(=O)O)ccc2n1Cc1ccccc1. The summed E-state index contributed by atoms with van der Waals surface area (Å²) in [6, 6.07) is 14.8. The molecule has 1 amide bonds. The minimum atomic E-state index is -1.07. The van der Waals surface area contributed by atoms with E-state index >= 15 is 0 Å². The molecule has 156 valence electrons. The van der Waals surface area contributed by atoms with Crippen molar-refractivity contribution < 1.29 is 24.2 Å². The van der Waals surface area contributed by atoms with E-state index in [2.05, 4.69) is 0 Å². The van der Waals surface area contributed by atoms with E-state index in [1.54, 1.807) is 25.1 Å². The minimum absolute atomic E-state index is 0.241. The van der Waals surface area contributed by atoms with Gasteiger partial charge in [-0.2, -0.15) is 0 Å². The maximum Gasteiger partial charge on any atom is 0.344 e. The number of aromatic nitrogens is 1. The van der Waals surface area contributed by atoms with Gasteiger partial charge >= 0.3 is 5.97 Å². The molecule has 1 heterocycles. The van der Waals surface area contributed by atoms with Crippen LogP contribution in [0, 0.1) is 0 Å². The number of nitrogens with two attached hydrogens (primary N) is 1. The van der Waals surface area contributed by atoms with Crippen LogP contribution >= 0.6 is 0 Å². The van der Waals surface area contributed by atoms with E-state index in [0.717, 1.165) is 11.1 Å². The summed E-state index contributed by atoms with van der Waals surface area (Å²) >= 11 is 0. The van der Waals surface area contributed by atoms with Crippen LogP contribution in [0.2, 0.25) is 0 Å². The number of primary amides is 1. The number of rotatable bonds is 9. The second-order valence-corrected chi connectivity index (χ2v) is 6.97. The van der Waals surface area contributed by atoms with Crippen molar-refractivity contribution in [1.82, 2.24) is 4.57 Å². The summed E-state index contributed by atoms with van der Waals surface area (Å²) < 4.78 is 7.58. The van der Waals surface area contributed by atoms with Crippen molar-refractivity contribution in [1.29, 1.82) is 0 Å². The third-order valence-corrected chi connectivity index (χ3v) is 5.04. The van der Waals surface area contributed by atoms with Crippen LogP contribution in [-0.4, -0.2) is 33.4 Å². The van der Waals surface area contributed by atoms with Gasteiger partial charge in [0.1, 0.15) is 5.75 Å². The van der Waals surface area contributed by atoms with Crippen LogP contribution in [0.15, 0.2) is 48.5 Å². The third-order valence-electron chi connectivity index (χ3n) is 5.04. The number of carbonyl (C=O) groups is 3. The average Bonchev–Trinajstić information content (AvgIpc) is 3.04. The number of carbonyl (C=O) groups excluding carboxylic acids is 2. The summed E-state index contributed by atoms with van der Waals surface area (Å²) in [6.07, 6.45) is -0.205. The number of carboxylic acids is 1. The number of amides is 1. The lowest BCUT2D eigenvalue weighted by molar-refractivity contribution is -0.145. The highest BCUT2D eigenvalue weighted by Gasteiger charge is 2.26. The van der Waals surface area contributed by atoms with Crippen LogP contribution < -0.4 is 10.5 Å². The Hall–Kier alpha value is -3.61. The van der Waals surface area contributed by atoms with Crippen molar-refractivity contribution in [3.63, 3.8) is 0 Å². The lowest BCUT2D eigenvalue weighted by atomic mass is 10.0. The average molecular weight is 408 g/mol. The second-order valence-electron chi connectivity index (χ2n) is 6.97. The molecule has 1 unspecified atom stereocenters. The predicted molar refractivity (Wildman–Crippen MR) is 113 cm³/mol. The number of carboxylic acid groups (broad SMARTS) is 1. The Morgan fingerprint density at radius 2 is 1.80 bits per heavy atom. The molecule has 30 heavy (non-hydrogen) atoms. The summed E-state index contributed by atoms with van der Waals surface area (Å²) in [5.41, 5.74) is 8.04. The van der Waals surface area contributed by atoms with Gasteiger partial charge in [-0.25, -0.2) is 4.79 Å². The molecule has 0 saturated heterocycles. The van der Waals surface area contributed by atoms with E-state index in [0.29, 0.717) is 29.8 Å². The summed E-state index contributed by atoms with van der Waals surface area (Å²) in [4.78, 5) is 35.7. The Balaban J connectivity index is 2.19. The molecule has 7 heteroatoms. The first kappa shape index (κ1) is 21.1. The lowest BCUT2D eigenvalue weighted by Crippen LogP contribution is -2.26. The summed E-state index contributed by atoms with van der Waals surface area (Å²) in [6.45, 7) is 4.13. The first-order valence-electron chi connectivity index (χ1n) is 9.79. The molecule has 7 nitrogen and oxygen atoms in total. The van der Waals surface area contributed by atoms with Gasteiger partial charge in [0, 0.05) is 23.1 Å². The molecule has 1 aromatic heterocycles. The van der Waals surface area contributed by atoms with Crippen molar-refractivity contribution in [2.24, 2.45) is 5.73 Å². The number of Topliss-reactive ketones (excluding diaryl/α,β-unsaturated/α-hetero) is 1. The number of fused-ring (bicyclic) bond motifs is 1. The minimum Gasteiger partial charge on any atom is -0.479 e. The smallest absolute Gasteiger partial charge is 0.344 e. The maximum absolute atomic E-state index is 12.7. The molecule has 2 aromatic carbocycles. The van der Waals surface area contributed by atoms with E-state index in [-0.39, 0.29) is 12.0 Å². The van der Waals surface area contributed by atoms with E-state index in [1.807, 2.05) is 41.8 Å². The second kappa shape index (κ2) is 8.82. The van der Waals surface area contributed by atoms with E-state index in [4.69, 9.17) is 10.5 Å². The van der Waals surface area contributed by atoms with Crippen LogP contribution in [0.5, 0.6) is 5.75 Å². The van der Waals surface area contributed by atoms with Crippen LogP contribution in [0.1, 0.15) is 41.9 Å². The molecular weight excluding hydrogens is 384 g/mol. The molecule has 0 spiro atoms. The molecule has 3 aromatic rings. The van der Waals surface area contributed by atoms with E-state index in [9.17, 15) is 19.5 Å². The fraction of sp³-hybridized carbons (Fsp3) is 0.261. The van der Waals surface area contributed by atoms with Crippen molar-refractivity contribution in [3.05, 3.63) is 65.4 Å². The Labute approximate surface area is 174 Å². The molecule has 3 rings (SSSR count). The highest BCUT2D eigenvalue weighted by molar-refractivity contribution is 6.45. The number of aliphatic carboxylic acids is 1. The molecule has 0 saturated carbocycles. The Morgan fingerprint density at radius 1 is 1.10 bits per heavy atom. The largest absolute Gasteiger partial charge is 0.479 e. The molecule has 0 fully saturated rings. The first-order valence-corrected chi connectivity index (χ1v) is 9.79. The summed E-state index contributed by atoms with van der Waals surface area (Å²) in [7, 11) is 0. The van der Waals surface area contributed by atoms with E-state index < -0.39 is 23.8 Å².